The Kier molecular flexibility index (Phi) is 3.91. The Morgan fingerprint density at radius 3 is 2.76 bits per heavy atom. The first-order chi connectivity index (χ1) is 9.95. The highest BCUT2D eigenvalue weighted by atomic mass is 35.5. The van der Waals surface area contributed by atoms with Crippen LogP contribution in [0.4, 0.5) is 0 Å². The maximum atomic E-state index is 6.37. The summed E-state index contributed by atoms with van der Waals surface area (Å²) in [7, 11) is 2.20. The number of fused-ring (bicyclic) bond motifs is 1. The molecule has 4 heteroatoms. The fourth-order valence-electron chi connectivity index (χ4n) is 2.96. The van der Waals surface area contributed by atoms with Gasteiger partial charge in [0, 0.05) is 42.7 Å². The van der Waals surface area contributed by atoms with Gasteiger partial charge in [-0.05, 0) is 33.0 Å². The van der Waals surface area contributed by atoms with Crippen molar-refractivity contribution in [2.24, 2.45) is 0 Å². The van der Waals surface area contributed by atoms with Gasteiger partial charge in [-0.3, -0.25) is 9.80 Å². The summed E-state index contributed by atoms with van der Waals surface area (Å²) in [5.41, 5.74) is 2.29. The Morgan fingerprint density at radius 1 is 1.24 bits per heavy atom. The third-order valence-corrected chi connectivity index (χ3v) is 4.87. The molecule has 0 spiro atoms. The summed E-state index contributed by atoms with van der Waals surface area (Å²) in [6.45, 7) is 8.66. The van der Waals surface area contributed by atoms with Crippen molar-refractivity contribution in [2.75, 3.05) is 26.7 Å². The van der Waals surface area contributed by atoms with Gasteiger partial charge < -0.3 is 0 Å². The molecule has 1 aromatic carbocycles. The van der Waals surface area contributed by atoms with Crippen LogP contribution in [-0.4, -0.2) is 47.0 Å². The molecule has 0 amide bonds. The summed E-state index contributed by atoms with van der Waals surface area (Å²) in [6, 6.07) is 10.3. The quantitative estimate of drug-likeness (QED) is 0.793. The van der Waals surface area contributed by atoms with E-state index in [0.29, 0.717) is 5.15 Å². The molecule has 1 aliphatic heterocycles. The fraction of sp³-hybridized carbons (Fsp3) is 0.471. The number of hydrogen-bond acceptors (Lipinski definition) is 3. The van der Waals surface area contributed by atoms with Crippen molar-refractivity contribution in [1.29, 1.82) is 0 Å². The fourth-order valence-corrected chi connectivity index (χ4v) is 3.17. The van der Waals surface area contributed by atoms with Crippen LogP contribution >= 0.6 is 11.6 Å². The molecule has 1 aromatic heterocycles. The van der Waals surface area contributed by atoms with E-state index in [-0.39, 0.29) is 5.54 Å². The summed E-state index contributed by atoms with van der Waals surface area (Å²) in [5, 5.41) is 1.79. The van der Waals surface area contributed by atoms with E-state index in [0.717, 1.165) is 42.6 Å². The molecule has 0 bridgehead atoms. The van der Waals surface area contributed by atoms with Crippen LogP contribution in [0.5, 0.6) is 0 Å². The van der Waals surface area contributed by atoms with Gasteiger partial charge in [-0.15, -0.1) is 0 Å². The van der Waals surface area contributed by atoms with E-state index in [1.54, 1.807) is 0 Å². The highest BCUT2D eigenvalue weighted by Gasteiger charge is 2.31. The zero-order valence-corrected chi connectivity index (χ0v) is 13.7. The molecule has 0 aliphatic carbocycles. The number of hydrogen-bond donors (Lipinski definition) is 0. The molecule has 112 valence electrons. The van der Waals surface area contributed by atoms with Crippen LogP contribution in [0.2, 0.25) is 5.15 Å². The minimum Gasteiger partial charge on any atom is -0.299 e. The third kappa shape index (κ3) is 3.05. The van der Waals surface area contributed by atoms with E-state index < -0.39 is 0 Å². The molecule has 2 aromatic rings. The molecule has 21 heavy (non-hydrogen) atoms. The first-order valence-electron chi connectivity index (χ1n) is 7.43. The Hall–Kier alpha value is -1.16. The Bertz CT molecular complexity index is 654. The SMILES string of the molecule is CN1CCN(Cc2cc3ccccc3nc2Cl)CC1(C)C. The zero-order chi connectivity index (χ0) is 15.0. The van der Waals surface area contributed by atoms with Gasteiger partial charge >= 0.3 is 0 Å². The first kappa shape index (κ1) is 14.8. The average Bonchev–Trinajstić information content (AvgIpc) is 2.43. The van der Waals surface area contributed by atoms with Gasteiger partial charge in [-0.25, -0.2) is 4.98 Å². The number of piperazine rings is 1. The number of para-hydroxylation sites is 1. The summed E-state index contributed by atoms with van der Waals surface area (Å²) in [4.78, 5) is 9.41. The molecule has 3 rings (SSSR count). The van der Waals surface area contributed by atoms with Crippen molar-refractivity contribution in [3.8, 4) is 0 Å². The smallest absolute Gasteiger partial charge is 0.134 e. The zero-order valence-electron chi connectivity index (χ0n) is 12.9. The highest BCUT2D eigenvalue weighted by molar-refractivity contribution is 6.30. The van der Waals surface area contributed by atoms with E-state index >= 15 is 0 Å². The molecule has 1 fully saturated rings. The lowest BCUT2D eigenvalue weighted by Gasteiger charge is -2.45. The van der Waals surface area contributed by atoms with Crippen LogP contribution in [0.3, 0.4) is 0 Å². The van der Waals surface area contributed by atoms with E-state index in [1.165, 1.54) is 0 Å². The van der Waals surface area contributed by atoms with Gasteiger partial charge in [0.25, 0.3) is 0 Å². The molecule has 3 nitrogen and oxygen atoms in total. The Labute approximate surface area is 131 Å². The highest BCUT2D eigenvalue weighted by Crippen LogP contribution is 2.25. The van der Waals surface area contributed by atoms with Gasteiger partial charge in [0.15, 0.2) is 0 Å². The number of benzene rings is 1. The first-order valence-corrected chi connectivity index (χ1v) is 7.81. The van der Waals surface area contributed by atoms with Crippen LogP contribution in [0, 0.1) is 0 Å². The van der Waals surface area contributed by atoms with Crippen LogP contribution in [0.1, 0.15) is 19.4 Å². The summed E-state index contributed by atoms with van der Waals surface area (Å²) < 4.78 is 0. The topological polar surface area (TPSA) is 19.4 Å². The van der Waals surface area contributed by atoms with Gasteiger partial charge in [0.2, 0.25) is 0 Å². The molecule has 1 aliphatic rings. The Morgan fingerprint density at radius 2 is 2.00 bits per heavy atom. The summed E-state index contributed by atoms with van der Waals surface area (Å²) >= 11 is 6.37. The van der Waals surface area contributed by atoms with Crippen molar-refractivity contribution in [3.63, 3.8) is 0 Å². The lowest BCUT2D eigenvalue weighted by atomic mass is 9.99. The monoisotopic (exact) mass is 303 g/mol. The van der Waals surface area contributed by atoms with Crippen molar-refractivity contribution >= 4 is 22.5 Å². The van der Waals surface area contributed by atoms with Crippen molar-refractivity contribution < 1.29 is 0 Å². The van der Waals surface area contributed by atoms with E-state index in [4.69, 9.17) is 11.6 Å². The van der Waals surface area contributed by atoms with Crippen molar-refractivity contribution in [2.45, 2.75) is 25.9 Å². The Balaban J connectivity index is 1.83. The van der Waals surface area contributed by atoms with Gasteiger partial charge in [-0.1, -0.05) is 29.8 Å². The lowest BCUT2D eigenvalue weighted by Crippen LogP contribution is -2.57. The molecule has 0 radical (unpaired) electrons. The van der Waals surface area contributed by atoms with Crippen LogP contribution < -0.4 is 0 Å². The number of rotatable bonds is 2. The predicted octanol–water partition coefficient (Wildman–Crippen LogP) is 3.41. The predicted molar refractivity (Wildman–Crippen MR) is 88.7 cm³/mol. The van der Waals surface area contributed by atoms with Crippen LogP contribution in [-0.2, 0) is 6.54 Å². The number of nitrogens with zero attached hydrogens (tertiary/aromatic N) is 3. The second-order valence-electron chi connectivity index (χ2n) is 6.58. The number of aromatic nitrogens is 1. The molecule has 1 saturated heterocycles. The minimum atomic E-state index is 0.203. The molecular weight excluding hydrogens is 282 g/mol. The number of pyridine rings is 1. The maximum absolute atomic E-state index is 6.37. The molecule has 0 atom stereocenters. The van der Waals surface area contributed by atoms with Gasteiger partial charge in [0.1, 0.15) is 5.15 Å². The van der Waals surface area contributed by atoms with E-state index in [1.807, 2.05) is 18.2 Å². The van der Waals surface area contributed by atoms with Crippen LogP contribution in [0.25, 0.3) is 10.9 Å². The average molecular weight is 304 g/mol. The third-order valence-electron chi connectivity index (χ3n) is 4.54. The minimum absolute atomic E-state index is 0.203. The van der Waals surface area contributed by atoms with E-state index in [2.05, 4.69) is 47.8 Å². The van der Waals surface area contributed by atoms with E-state index in [9.17, 15) is 0 Å². The largest absolute Gasteiger partial charge is 0.299 e. The summed E-state index contributed by atoms with van der Waals surface area (Å²) in [5.74, 6) is 0. The van der Waals surface area contributed by atoms with Gasteiger partial charge in [-0.2, -0.15) is 0 Å². The van der Waals surface area contributed by atoms with Crippen LogP contribution in [0.15, 0.2) is 30.3 Å². The normalized spacial score (nSPS) is 20.0. The van der Waals surface area contributed by atoms with Crippen molar-refractivity contribution in [3.05, 3.63) is 41.0 Å². The standard InChI is InChI=1S/C17H22ClN3/c1-17(2)12-21(9-8-20(17)3)11-14-10-13-6-4-5-7-15(13)19-16(14)18/h4-7,10H,8-9,11-12H2,1-3H3. The molecular formula is C17H22ClN3. The van der Waals surface area contributed by atoms with Crippen molar-refractivity contribution in [1.82, 2.24) is 14.8 Å². The van der Waals surface area contributed by atoms with Gasteiger partial charge in [0.05, 0.1) is 5.52 Å². The molecule has 0 N–H and O–H groups in total. The second-order valence-corrected chi connectivity index (χ2v) is 6.93. The molecule has 0 unspecified atom stereocenters. The molecule has 0 saturated carbocycles. The second kappa shape index (κ2) is 5.56. The lowest BCUT2D eigenvalue weighted by molar-refractivity contribution is 0.0360. The maximum Gasteiger partial charge on any atom is 0.134 e. The number of halogens is 1. The summed E-state index contributed by atoms with van der Waals surface area (Å²) in [6.07, 6.45) is 0. The number of likely N-dealkylation sites (N-methyl/N-ethyl adjacent to an activating group) is 1. The molecule has 2 heterocycles.